The molecule has 1 heteroatoms. The number of benzene rings is 5. The van der Waals surface area contributed by atoms with Crippen LogP contribution in [0.1, 0.15) is 0 Å². The number of hydrogen-bond donors (Lipinski definition) is 0. The highest BCUT2D eigenvalue weighted by molar-refractivity contribution is 6.32. The monoisotopic (exact) mass is 284 g/mol. The van der Waals surface area contributed by atoms with Crippen LogP contribution in [0, 0.1) is 0 Å². The summed E-state index contributed by atoms with van der Waals surface area (Å²) in [4.78, 5) is 0. The second-order valence-corrected chi connectivity index (χ2v) is 5.42. The average molecular weight is 284 g/mol. The Kier molecular flexibility index (Phi) is 2.53. The summed E-state index contributed by atoms with van der Waals surface area (Å²) in [7, 11) is 0. The van der Waals surface area contributed by atoms with Crippen molar-refractivity contribution in [1.82, 2.24) is 0 Å². The summed E-state index contributed by atoms with van der Waals surface area (Å²) in [5.41, 5.74) is 0. The lowest BCUT2D eigenvalue weighted by molar-refractivity contribution is 1.78. The lowest BCUT2D eigenvalue weighted by atomic mass is 9.90. The molecule has 0 aliphatic carbocycles. The van der Waals surface area contributed by atoms with Crippen LogP contribution in [0.3, 0.4) is 0 Å². The second kappa shape index (κ2) is 4.30. The van der Waals surface area contributed by atoms with Crippen molar-refractivity contribution in [1.29, 1.82) is 0 Å². The predicted molar refractivity (Wildman–Crippen MR) is 99.0 cm³/mol. The van der Waals surface area contributed by atoms with Gasteiger partial charge in [-0.15, -0.1) is 0 Å². The predicted octanol–water partition coefficient (Wildman–Crippen LogP) is 4.29. The molecule has 0 N–H and O–H groups in total. The van der Waals surface area contributed by atoms with Gasteiger partial charge in [0.05, 0.1) is 0 Å². The molecule has 0 unspecified atom stereocenters. The fourth-order valence-electron chi connectivity index (χ4n) is 3.58. The standard InChI is InChI=1S/C20H12.H4Si/c1-5-13-6-2-11-17-18-12-4-8-14-7-3-10-16(20(14)18)15(9-1)19(13)17;/h1-12H;1H4. The normalized spacial score (nSPS) is 11.4. The van der Waals surface area contributed by atoms with E-state index in [1.807, 2.05) is 0 Å². The van der Waals surface area contributed by atoms with Crippen LogP contribution in [-0.2, 0) is 0 Å². The van der Waals surface area contributed by atoms with Gasteiger partial charge in [-0.1, -0.05) is 72.8 Å². The third-order valence-electron chi connectivity index (χ3n) is 4.39. The lowest BCUT2D eigenvalue weighted by Crippen LogP contribution is -1.85. The third kappa shape index (κ3) is 1.49. The van der Waals surface area contributed by atoms with E-state index < -0.39 is 0 Å². The van der Waals surface area contributed by atoms with E-state index in [2.05, 4.69) is 72.8 Å². The summed E-state index contributed by atoms with van der Waals surface area (Å²) >= 11 is 0. The van der Waals surface area contributed by atoms with E-state index in [0.29, 0.717) is 0 Å². The Morgan fingerprint density at radius 3 is 0.952 bits per heavy atom. The molecule has 0 nitrogen and oxygen atoms in total. The molecule has 5 rings (SSSR count). The molecule has 0 saturated heterocycles. The lowest BCUT2D eigenvalue weighted by Gasteiger charge is -2.13. The van der Waals surface area contributed by atoms with Crippen molar-refractivity contribution in [3.63, 3.8) is 0 Å². The Balaban J connectivity index is 0.00000115. The van der Waals surface area contributed by atoms with Crippen LogP contribution in [0.5, 0.6) is 0 Å². The Morgan fingerprint density at radius 2 is 0.667 bits per heavy atom. The zero-order chi connectivity index (χ0) is 13.1. The minimum Gasteiger partial charge on any atom is -0.0610 e. The highest BCUT2D eigenvalue weighted by Crippen LogP contribution is 2.39. The largest absolute Gasteiger partial charge is 0.0610 e. The molecule has 5 aromatic carbocycles. The molecule has 0 amide bonds. The molecule has 21 heavy (non-hydrogen) atoms. The van der Waals surface area contributed by atoms with Crippen LogP contribution < -0.4 is 0 Å². The zero-order valence-electron chi connectivity index (χ0n) is 10.9. The van der Waals surface area contributed by atoms with Gasteiger partial charge in [-0.2, -0.15) is 0 Å². The van der Waals surface area contributed by atoms with Gasteiger partial charge in [-0.25, -0.2) is 0 Å². The summed E-state index contributed by atoms with van der Waals surface area (Å²) < 4.78 is 0. The van der Waals surface area contributed by atoms with Gasteiger partial charge < -0.3 is 0 Å². The van der Waals surface area contributed by atoms with E-state index in [1.165, 1.54) is 43.1 Å². The molecule has 0 atom stereocenters. The number of hydrogen-bond acceptors (Lipinski definition) is 0. The highest BCUT2D eigenvalue weighted by Gasteiger charge is 2.11. The van der Waals surface area contributed by atoms with Crippen LogP contribution in [0.4, 0.5) is 0 Å². The summed E-state index contributed by atoms with van der Waals surface area (Å²) in [6.07, 6.45) is 0. The van der Waals surface area contributed by atoms with Gasteiger partial charge in [0.15, 0.2) is 0 Å². The Morgan fingerprint density at radius 1 is 0.381 bits per heavy atom. The molecule has 0 saturated carbocycles. The molecule has 0 bridgehead atoms. The topological polar surface area (TPSA) is 0 Å². The number of rotatable bonds is 0. The van der Waals surface area contributed by atoms with Gasteiger partial charge in [0.1, 0.15) is 0 Å². The van der Waals surface area contributed by atoms with Crippen LogP contribution >= 0.6 is 0 Å². The minimum absolute atomic E-state index is 0. The highest BCUT2D eigenvalue weighted by atomic mass is 28.1. The second-order valence-electron chi connectivity index (χ2n) is 5.42. The van der Waals surface area contributed by atoms with Gasteiger partial charge in [0, 0.05) is 0 Å². The molecule has 0 spiro atoms. The molecule has 5 aromatic rings. The van der Waals surface area contributed by atoms with Gasteiger partial charge in [0.2, 0.25) is 0 Å². The fraction of sp³-hybridized carbons (Fsp3) is 0. The summed E-state index contributed by atoms with van der Waals surface area (Å²) in [6, 6.07) is 26.4. The quantitative estimate of drug-likeness (QED) is 0.226. The molecular formula is C20H16Si. The first-order valence-electron chi connectivity index (χ1n) is 6.98. The van der Waals surface area contributed by atoms with E-state index in [1.54, 1.807) is 0 Å². The van der Waals surface area contributed by atoms with Crippen molar-refractivity contribution in [2.75, 3.05) is 0 Å². The first kappa shape index (κ1) is 12.4. The van der Waals surface area contributed by atoms with E-state index in [9.17, 15) is 0 Å². The van der Waals surface area contributed by atoms with Crippen LogP contribution in [-0.4, -0.2) is 11.0 Å². The first-order chi connectivity index (χ1) is 9.93. The first-order valence-corrected chi connectivity index (χ1v) is 6.98. The molecule has 0 heterocycles. The van der Waals surface area contributed by atoms with Crippen molar-refractivity contribution in [2.45, 2.75) is 0 Å². The molecule has 0 aromatic heterocycles. The van der Waals surface area contributed by atoms with E-state index in [0.717, 1.165) is 0 Å². The SMILES string of the molecule is [SiH4].c1cc2cccc3c4cccc5cccc(c(c1)c23)c54. The molecule has 0 aliphatic rings. The van der Waals surface area contributed by atoms with Crippen molar-refractivity contribution < 1.29 is 0 Å². The van der Waals surface area contributed by atoms with E-state index >= 15 is 0 Å². The smallest absolute Gasteiger partial charge is 0.00264 e. The maximum Gasteiger partial charge on any atom is -0.00264 e. The molecule has 100 valence electrons. The van der Waals surface area contributed by atoms with Gasteiger partial charge in [-0.3, -0.25) is 0 Å². The van der Waals surface area contributed by atoms with Crippen molar-refractivity contribution in [3.05, 3.63) is 72.8 Å². The Hall–Kier alpha value is -2.38. The summed E-state index contributed by atoms with van der Waals surface area (Å²) in [5.74, 6) is 0. The number of fused-ring (bicyclic) bond motifs is 2. The van der Waals surface area contributed by atoms with Crippen molar-refractivity contribution in [3.8, 4) is 0 Å². The minimum atomic E-state index is 0. The molecule has 0 radical (unpaired) electrons. The maximum absolute atomic E-state index is 2.25. The third-order valence-corrected chi connectivity index (χ3v) is 4.39. The van der Waals surface area contributed by atoms with Crippen LogP contribution in [0.25, 0.3) is 43.1 Å². The van der Waals surface area contributed by atoms with Gasteiger partial charge in [-0.05, 0) is 54.1 Å². The molecular weight excluding hydrogens is 268 g/mol. The van der Waals surface area contributed by atoms with Crippen molar-refractivity contribution in [2.24, 2.45) is 0 Å². The van der Waals surface area contributed by atoms with Crippen LogP contribution in [0.2, 0.25) is 0 Å². The Labute approximate surface area is 127 Å². The van der Waals surface area contributed by atoms with Crippen molar-refractivity contribution >= 4 is 54.1 Å². The average Bonchev–Trinajstić information content (AvgIpc) is 2.52. The summed E-state index contributed by atoms with van der Waals surface area (Å²) in [5, 5.41) is 10.9. The zero-order valence-corrected chi connectivity index (χ0v) is 10.9. The fourth-order valence-corrected chi connectivity index (χ4v) is 3.58. The Bertz CT molecular complexity index is 923. The molecule has 0 aliphatic heterocycles. The maximum atomic E-state index is 2.25. The molecule has 0 fully saturated rings. The summed E-state index contributed by atoms with van der Waals surface area (Å²) in [6.45, 7) is 0. The van der Waals surface area contributed by atoms with Gasteiger partial charge >= 0.3 is 0 Å². The van der Waals surface area contributed by atoms with Crippen LogP contribution in [0.15, 0.2) is 72.8 Å². The van der Waals surface area contributed by atoms with Gasteiger partial charge in [0.25, 0.3) is 0 Å². The van der Waals surface area contributed by atoms with E-state index in [-0.39, 0.29) is 11.0 Å². The van der Waals surface area contributed by atoms with E-state index in [4.69, 9.17) is 0 Å².